The van der Waals surface area contributed by atoms with Crippen molar-refractivity contribution in [2.24, 2.45) is 5.92 Å². The van der Waals surface area contributed by atoms with Crippen LogP contribution < -0.4 is 0 Å². The Kier molecular flexibility index (Phi) is 6.58. The molecule has 0 saturated carbocycles. The lowest BCUT2D eigenvalue weighted by Crippen LogP contribution is -2.47. The van der Waals surface area contributed by atoms with E-state index in [1.165, 1.54) is 0 Å². The van der Waals surface area contributed by atoms with E-state index < -0.39 is 8.32 Å². The van der Waals surface area contributed by atoms with E-state index in [0.717, 1.165) is 0 Å². The molecule has 1 atom stereocenters. The third kappa shape index (κ3) is 4.73. The van der Waals surface area contributed by atoms with Gasteiger partial charge in [-0.15, -0.1) is 0 Å². The fraction of sp³-hybridized carbons (Fsp3) is 0.929. The molecule has 0 N–H and O–H groups in total. The lowest BCUT2D eigenvalue weighted by molar-refractivity contribution is -0.144. The summed E-state index contributed by atoms with van der Waals surface area (Å²) < 4.78 is 11.2. The molecule has 0 radical (unpaired) electrons. The average molecular weight is 274 g/mol. The third-order valence-electron chi connectivity index (χ3n) is 4.25. The molecular weight excluding hydrogens is 244 g/mol. The fourth-order valence-electron chi connectivity index (χ4n) is 1.85. The van der Waals surface area contributed by atoms with Gasteiger partial charge in [0.2, 0.25) is 0 Å². The summed E-state index contributed by atoms with van der Waals surface area (Å²) in [5, 5.41) is 0.177. The van der Waals surface area contributed by atoms with Crippen LogP contribution in [-0.2, 0) is 14.0 Å². The normalized spacial score (nSPS) is 14.7. The summed E-state index contributed by atoms with van der Waals surface area (Å²) in [6.07, 6.45) is 0.280. The second kappa shape index (κ2) is 6.71. The number of carbonyl (C=O) groups is 1. The maximum Gasteiger partial charge on any atom is 0.308 e. The van der Waals surface area contributed by atoms with Crippen LogP contribution in [0.2, 0.25) is 18.1 Å². The summed E-state index contributed by atoms with van der Waals surface area (Å²) in [5.74, 6) is 0.395. The van der Waals surface area contributed by atoms with Crippen LogP contribution >= 0.6 is 0 Å². The first-order valence-corrected chi connectivity index (χ1v) is 9.78. The summed E-state index contributed by atoms with van der Waals surface area (Å²) in [7, 11) is -1.85. The highest BCUT2D eigenvalue weighted by atomic mass is 28.4. The molecule has 0 aliphatic carbocycles. The largest absolute Gasteiger partial charge is 0.466 e. The fourth-order valence-corrected chi connectivity index (χ4v) is 4.63. The van der Waals surface area contributed by atoms with Gasteiger partial charge in [0.15, 0.2) is 8.32 Å². The van der Waals surface area contributed by atoms with Gasteiger partial charge in [-0.05, 0) is 37.9 Å². The van der Waals surface area contributed by atoms with E-state index in [1.54, 1.807) is 0 Å². The molecule has 0 amide bonds. The lowest BCUT2D eigenvalue weighted by atomic mass is 9.99. The van der Waals surface area contributed by atoms with Gasteiger partial charge in [-0.2, -0.15) is 0 Å². The molecule has 0 unspecified atom stereocenters. The second-order valence-corrected chi connectivity index (χ2v) is 10.9. The number of carbonyl (C=O) groups excluding carboxylic acids is 1. The monoisotopic (exact) mass is 274 g/mol. The molecule has 0 saturated heterocycles. The topological polar surface area (TPSA) is 35.5 Å². The third-order valence-corrected chi connectivity index (χ3v) is 8.92. The highest BCUT2D eigenvalue weighted by Gasteiger charge is 2.44. The Balaban J connectivity index is 4.53. The number of rotatable bonds is 7. The average Bonchev–Trinajstić information content (AvgIpc) is 2.15. The van der Waals surface area contributed by atoms with Gasteiger partial charge in [0.25, 0.3) is 0 Å². The van der Waals surface area contributed by atoms with Gasteiger partial charge < -0.3 is 9.16 Å². The van der Waals surface area contributed by atoms with E-state index in [2.05, 4.69) is 40.8 Å². The van der Waals surface area contributed by atoms with Crippen molar-refractivity contribution in [1.29, 1.82) is 0 Å². The van der Waals surface area contributed by atoms with Gasteiger partial charge in [0.1, 0.15) is 0 Å². The maximum absolute atomic E-state index is 11.4. The van der Waals surface area contributed by atoms with Gasteiger partial charge in [-0.25, -0.2) is 0 Å². The summed E-state index contributed by atoms with van der Waals surface area (Å²) >= 11 is 0. The lowest BCUT2D eigenvalue weighted by Gasteiger charge is -2.43. The van der Waals surface area contributed by atoms with Crippen LogP contribution in [0.1, 0.15) is 48.0 Å². The Morgan fingerprint density at radius 1 is 1.22 bits per heavy atom. The summed E-state index contributed by atoms with van der Waals surface area (Å²) in [6.45, 7) is 17.7. The minimum absolute atomic E-state index is 0.0660. The molecule has 0 spiro atoms. The SMILES string of the molecule is CCOC(=O)C[C@@H](C)O[Si](C)(C)C(C)(C)C(C)C. The van der Waals surface area contributed by atoms with E-state index in [9.17, 15) is 4.79 Å². The van der Waals surface area contributed by atoms with Crippen LogP contribution in [0.15, 0.2) is 0 Å². The first-order valence-electron chi connectivity index (χ1n) is 6.88. The van der Waals surface area contributed by atoms with Crippen LogP contribution in [0.4, 0.5) is 0 Å². The van der Waals surface area contributed by atoms with Crippen LogP contribution in [0, 0.1) is 5.92 Å². The van der Waals surface area contributed by atoms with E-state index in [4.69, 9.17) is 9.16 Å². The number of hydrogen-bond acceptors (Lipinski definition) is 3. The molecule has 4 heteroatoms. The van der Waals surface area contributed by atoms with Crippen molar-refractivity contribution in [1.82, 2.24) is 0 Å². The van der Waals surface area contributed by atoms with Gasteiger partial charge in [-0.1, -0.05) is 27.7 Å². The zero-order chi connectivity index (χ0) is 14.6. The highest BCUT2D eigenvalue weighted by molar-refractivity contribution is 6.74. The van der Waals surface area contributed by atoms with Crippen molar-refractivity contribution >= 4 is 14.3 Å². The van der Waals surface area contributed by atoms with Crippen LogP contribution in [0.5, 0.6) is 0 Å². The predicted molar refractivity (Wildman–Crippen MR) is 78.2 cm³/mol. The highest BCUT2D eigenvalue weighted by Crippen LogP contribution is 2.45. The van der Waals surface area contributed by atoms with Gasteiger partial charge >= 0.3 is 5.97 Å². The standard InChI is InChI=1S/C14H30O3Si/c1-9-16-13(15)10-12(4)17-18(7,8)14(5,6)11(2)3/h11-12H,9-10H2,1-8H3/t12-/m1/s1. The molecule has 0 aromatic carbocycles. The Bertz CT molecular complexity index is 272. The van der Waals surface area contributed by atoms with Crippen molar-refractivity contribution in [2.45, 2.75) is 72.2 Å². The Morgan fingerprint density at radius 3 is 2.11 bits per heavy atom. The smallest absolute Gasteiger partial charge is 0.308 e. The predicted octanol–water partition coefficient (Wildman–Crippen LogP) is 3.99. The Labute approximate surface area is 113 Å². The molecular formula is C14H30O3Si. The molecule has 108 valence electrons. The van der Waals surface area contributed by atoms with Gasteiger partial charge in [0.05, 0.1) is 19.1 Å². The minimum atomic E-state index is -1.85. The molecule has 0 bridgehead atoms. The molecule has 0 aliphatic rings. The molecule has 0 aromatic heterocycles. The molecule has 3 nitrogen and oxygen atoms in total. The van der Waals surface area contributed by atoms with Crippen molar-refractivity contribution in [3.63, 3.8) is 0 Å². The molecule has 0 heterocycles. The molecule has 0 fully saturated rings. The van der Waals surface area contributed by atoms with Crippen molar-refractivity contribution in [3.8, 4) is 0 Å². The van der Waals surface area contributed by atoms with Crippen LogP contribution in [0.25, 0.3) is 0 Å². The first-order chi connectivity index (χ1) is 8.04. The summed E-state index contributed by atoms with van der Waals surface area (Å²) in [6, 6.07) is 0. The maximum atomic E-state index is 11.4. The number of ether oxygens (including phenoxy) is 1. The Hall–Kier alpha value is -0.353. The second-order valence-electron chi connectivity index (χ2n) is 6.32. The first kappa shape index (κ1) is 17.6. The summed E-state index contributed by atoms with van der Waals surface area (Å²) in [5.41, 5.74) is 0. The Morgan fingerprint density at radius 2 is 1.72 bits per heavy atom. The zero-order valence-electron chi connectivity index (χ0n) is 13.3. The molecule has 18 heavy (non-hydrogen) atoms. The number of hydrogen-bond donors (Lipinski definition) is 0. The van der Waals surface area contributed by atoms with Gasteiger partial charge in [0, 0.05) is 0 Å². The summed E-state index contributed by atoms with van der Waals surface area (Å²) in [4.78, 5) is 11.4. The van der Waals surface area contributed by atoms with Gasteiger partial charge in [-0.3, -0.25) is 4.79 Å². The van der Waals surface area contributed by atoms with Crippen molar-refractivity contribution < 1.29 is 14.0 Å². The number of esters is 1. The van der Waals surface area contributed by atoms with Crippen LogP contribution in [0.3, 0.4) is 0 Å². The van der Waals surface area contributed by atoms with E-state index >= 15 is 0 Å². The zero-order valence-corrected chi connectivity index (χ0v) is 14.3. The van der Waals surface area contributed by atoms with Crippen molar-refractivity contribution in [3.05, 3.63) is 0 Å². The van der Waals surface area contributed by atoms with E-state index in [1.807, 2.05) is 13.8 Å². The molecule has 0 rings (SSSR count). The quantitative estimate of drug-likeness (QED) is 0.520. The minimum Gasteiger partial charge on any atom is -0.466 e. The van der Waals surface area contributed by atoms with Crippen molar-refractivity contribution in [2.75, 3.05) is 6.61 Å². The van der Waals surface area contributed by atoms with E-state index in [0.29, 0.717) is 18.9 Å². The van der Waals surface area contributed by atoms with E-state index in [-0.39, 0.29) is 17.1 Å². The molecule has 0 aliphatic heterocycles. The van der Waals surface area contributed by atoms with Crippen LogP contribution in [-0.4, -0.2) is 27.0 Å². The molecule has 0 aromatic rings.